The third-order valence-corrected chi connectivity index (χ3v) is 3.36. The van der Waals surface area contributed by atoms with Crippen LogP contribution in [-0.4, -0.2) is 26.3 Å². The number of carbonyl (C=O) groups is 1. The Kier molecular flexibility index (Phi) is 5.86. The van der Waals surface area contributed by atoms with E-state index in [4.69, 9.17) is 9.47 Å². The Morgan fingerprint density at radius 3 is 2.43 bits per heavy atom. The van der Waals surface area contributed by atoms with Crippen molar-refractivity contribution in [2.24, 2.45) is 0 Å². The van der Waals surface area contributed by atoms with Crippen LogP contribution in [0.4, 0.5) is 10.5 Å². The minimum absolute atomic E-state index is 0.239. The molecule has 122 valence electrons. The number of benzene rings is 2. The Bertz CT molecular complexity index is 654. The lowest BCUT2D eigenvalue weighted by atomic mass is 10.1. The van der Waals surface area contributed by atoms with Crippen molar-refractivity contribution < 1.29 is 14.3 Å². The zero-order chi connectivity index (χ0) is 16.7. The molecule has 5 nitrogen and oxygen atoms in total. The molecule has 0 aromatic heterocycles. The average Bonchev–Trinajstić information content (AvgIpc) is 2.55. The van der Waals surface area contributed by atoms with E-state index >= 15 is 0 Å². The largest absolute Gasteiger partial charge is 0.497 e. The molecule has 0 saturated carbocycles. The van der Waals surface area contributed by atoms with Gasteiger partial charge in [-0.15, -0.1) is 0 Å². The van der Waals surface area contributed by atoms with Crippen LogP contribution >= 0.6 is 0 Å². The van der Waals surface area contributed by atoms with Gasteiger partial charge in [0, 0.05) is 5.69 Å². The van der Waals surface area contributed by atoms with Gasteiger partial charge in [0.25, 0.3) is 0 Å². The normalized spacial score (nSPS) is 10.0. The second kappa shape index (κ2) is 8.08. The first-order valence-electron chi connectivity index (χ1n) is 7.47. The molecular formula is C18H22N2O3. The number of anilines is 1. The van der Waals surface area contributed by atoms with Crippen molar-refractivity contribution in [2.45, 2.75) is 13.8 Å². The van der Waals surface area contributed by atoms with E-state index in [0.29, 0.717) is 13.2 Å². The molecule has 0 aliphatic heterocycles. The van der Waals surface area contributed by atoms with Crippen LogP contribution in [0, 0.1) is 13.8 Å². The van der Waals surface area contributed by atoms with Gasteiger partial charge in [-0.1, -0.05) is 12.1 Å². The molecule has 2 amide bonds. The number of amides is 2. The molecule has 0 unspecified atom stereocenters. The smallest absolute Gasteiger partial charge is 0.319 e. The van der Waals surface area contributed by atoms with Crippen LogP contribution in [0.1, 0.15) is 11.1 Å². The van der Waals surface area contributed by atoms with Gasteiger partial charge in [0.05, 0.1) is 13.7 Å². The number of carbonyl (C=O) groups excluding carboxylic acids is 1. The summed E-state index contributed by atoms with van der Waals surface area (Å²) in [6.07, 6.45) is 0. The molecule has 0 radical (unpaired) electrons. The predicted octanol–water partition coefficient (Wildman–Crippen LogP) is 3.51. The van der Waals surface area contributed by atoms with Crippen LogP contribution < -0.4 is 20.1 Å². The van der Waals surface area contributed by atoms with E-state index in [1.807, 2.05) is 56.3 Å². The SMILES string of the molecule is COc1ccc(OCCNC(=O)Nc2cc(C)ccc2C)cc1. The van der Waals surface area contributed by atoms with E-state index in [9.17, 15) is 4.79 Å². The Labute approximate surface area is 136 Å². The molecule has 0 fully saturated rings. The molecule has 5 heteroatoms. The minimum Gasteiger partial charge on any atom is -0.497 e. The van der Waals surface area contributed by atoms with Gasteiger partial charge in [-0.25, -0.2) is 4.79 Å². The van der Waals surface area contributed by atoms with Gasteiger partial charge in [-0.2, -0.15) is 0 Å². The zero-order valence-corrected chi connectivity index (χ0v) is 13.7. The van der Waals surface area contributed by atoms with E-state index in [2.05, 4.69) is 10.6 Å². The Morgan fingerprint density at radius 1 is 1.04 bits per heavy atom. The van der Waals surface area contributed by atoms with Crippen LogP contribution in [0.15, 0.2) is 42.5 Å². The third kappa shape index (κ3) is 5.21. The topological polar surface area (TPSA) is 59.6 Å². The van der Waals surface area contributed by atoms with Gasteiger partial charge in [-0.3, -0.25) is 0 Å². The van der Waals surface area contributed by atoms with E-state index in [1.165, 1.54) is 0 Å². The van der Waals surface area contributed by atoms with E-state index in [-0.39, 0.29) is 6.03 Å². The molecule has 0 saturated heterocycles. The minimum atomic E-state index is -0.239. The highest BCUT2D eigenvalue weighted by atomic mass is 16.5. The zero-order valence-electron chi connectivity index (χ0n) is 13.7. The molecule has 2 rings (SSSR count). The Balaban J connectivity index is 1.73. The van der Waals surface area contributed by atoms with Crippen LogP contribution in [0.2, 0.25) is 0 Å². The summed E-state index contributed by atoms with van der Waals surface area (Å²) >= 11 is 0. The average molecular weight is 314 g/mol. The summed E-state index contributed by atoms with van der Waals surface area (Å²) < 4.78 is 10.6. The van der Waals surface area contributed by atoms with Gasteiger partial charge in [0.15, 0.2) is 0 Å². The summed E-state index contributed by atoms with van der Waals surface area (Å²) in [5, 5.41) is 5.61. The van der Waals surface area contributed by atoms with Gasteiger partial charge in [0.2, 0.25) is 0 Å². The summed E-state index contributed by atoms with van der Waals surface area (Å²) in [5.41, 5.74) is 2.95. The molecule has 0 bridgehead atoms. The number of rotatable bonds is 6. The first-order chi connectivity index (χ1) is 11.1. The second-order valence-electron chi connectivity index (χ2n) is 5.22. The van der Waals surface area contributed by atoms with Crippen molar-refractivity contribution in [1.29, 1.82) is 0 Å². The lowest BCUT2D eigenvalue weighted by molar-refractivity contribution is 0.247. The van der Waals surface area contributed by atoms with Crippen molar-refractivity contribution in [1.82, 2.24) is 5.32 Å². The van der Waals surface area contributed by atoms with Crippen molar-refractivity contribution in [3.05, 3.63) is 53.6 Å². The maximum absolute atomic E-state index is 11.9. The maximum atomic E-state index is 11.9. The number of ether oxygens (including phenoxy) is 2. The van der Waals surface area contributed by atoms with Crippen molar-refractivity contribution in [2.75, 3.05) is 25.6 Å². The van der Waals surface area contributed by atoms with E-state index in [0.717, 1.165) is 28.3 Å². The molecule has 2 aromatic carbocycles. The van der Waals surface area contributed by atoms with Crippen LogP contribution in [-0.2, 0) is 0 Å². The number of nitrogens with one attached hydrogen (secondary N) is 2. The lowest BCUT2D eigenvalue weighted by Gasteiger charge is -2.11. The third-order valence-electron chi connectivity index (χ3n) is 3.36. The molecule has 0 aliphatic rings. The molecule has 2 aromatic rings. The highest BCUT2D eigenvalue weighted by Crippen LogP contribution is 2.17. The van der Waals surface area contributed by atoms with Gasteiger partial charge in [0.1, 0.15) is 18.1 Å². The molecule has 0 atom stereocenters. The van der Waals surface area contributed by atoms with Gasteiger partial charge < -0.3 is 20.1 Å². The summed E-state index contributed by atoms with van der Waals surface area (Å²) in [5.74, 6) is 1.52. The molecule has 0 heterocycles. The standard InChI is InChI=1S/C18H22N2O3/c1-13-4-5-14(2)17(12-13)20-18(21)19-10-11-23-16-8-6-15(22-3)7-9-16/h4-9,12H,10-11H2,1-3H3,(H2,19,20,21). The molecule has 0 aliphatic carbocycles. The molecule has 23 heavy (non-hydrogen) atoms. The number of hydrogen-bond acceptors (Lipinski definition) is 3. The maximum Gasteiger partial charge on any atom is 0.319 e. The van der Waals surface area contributed by atoms with Crippen molar-refractivity contribution >= 4 is 11.7 Å². The number of urea groups is 1. The number of hydrogen-bond donors (Lipinski definition) is 2. The quantitative estimate of drug-likeness (QED) is 0.802. The fourth-order valence-electron chi connectivity index (χ4n) is 2.04. The molecular weight excluding hydrogens is 292 g/mol. The highest BCUT2D eigenvalue weighted by molar-refractivity contribution is 5.90. The van der Waals surface area contributed by atoms with E-state index < -0.39 is 0 Å². The second-order valence-corrected chi connectivity index (χ2v) is 5.22. The summed E-state index contributed by atoms with van der Waals surface area (Å²) in [7, 11) is 1.62. The summed E-state index contributed by atoms with van der Waals surface area (Å²) in [4.78, 5) is 11.9. The van der Waals surface area contributed by atoms with Gasteiger partial charge >= 0.3 is 6.03 Å². The lowest BCUT2D eigenvalue weighted by Crippen LogP contribution is -2.32. The first-order valence-corrected chi connectivity index (χ1v) is 7.47. The first kappa shape index (κ1) is 16.7. The van der Waals surface area contributed by atoms with E-state index in [1.54, 1.807) is 7.11 Å². The van der Waals surface area contributed by atoms with Crippen molar-refractivity contribution in [3.8, 4) is 11.5 Å². The molecule has 0 spiro atoms. The molecule has 2 N–H and O–H groups in total. The number of aryl methyl sites for hydroxylation is 2. The summed E-state index contributed by atoms with van der Waals surface area (Å²) in [6, 6.07) is 13.0. The predicted molar refractivity (Wildman–Crippen MR) is 91.4 cm³/mol. The monoisotopic (exact) mass is 314 g/mol. The van der Waals surface area contributed by atoms with Gasteiger partial charge in [-0.05, 0) is 55.3 Å². The Morgan fingerprint density at radius 2 is 1.74 bits per heavy atom. The van der Waals surface area contributed by atoms with Crippen LogP contribution in [0.3, 0.4) is 0 Å². The summed E-state index contributed by atoms with van der Waals surface area (Å²) in [6.45, 7) is 4.77. The Hall–Kier alpha value is -2.69. The van der Waals surface area contributed by atoms with Crippen LogP contribution in [0.25, 0.3) is 0 Å². The number of methoxy groups -OCH3 is 1. The fourth-order valence-corrected chi connectivity index (χ4v) is 2.04. The fraction of sp³-hybridized carbons (Fsp3) is 0.278. The van der Waals surface area contributed by atoms with Crippen LogP contribution in [0.5, 0.6) is 11.5 Å². The van der Waals surface area contributed by atoms with Crippen molar-refractivity contribution in [3.63, 3.8) is 0 Å². The highest BCUT2D eigenvalue weighted by Gasteiger charge is 2.04.